The third-order valence-electron chi connectivity index (χ3n) is 3.47. The number of carboxylic acid groups (broad SMARTS) is 1. The molecule has 0 aliphatic rings. The van der Waals surface area contributed by atoms with Crippen molar-refractivity contribution in [2.45, 2.75) is 39.8 Å². The fraction of sp³-hybridized carbons (Fsp3) is 0.562. The summed E-state index contributed by atoms with van der Waals surface area (Å²) in [5.74, 6) is -0.295. The fourth-order valence-corrected chi connectivity index (χ4v) is 2.42. The van der Waals surface area contributed by atoms with Gasteiger partial charge in [0.05, 0.1) is 18.4 Å². The third kappa shape index (κ3) is 4.93. The van der Waals surface area contributed by atoms with E-state index in [1.165, 1.54) is 0 Å². The lowest BCUT2D eigenvalue weighted by atomic mass is 10.1. The number of methoxy groups -OCH3 is 1. The molecule has 1 aromatic rings. The van der Waals surface area contributed by atoms with E-state index in [0.717, 1.165) is 6.54 Å². The zero-order valence-corrected chi connectivity index (χ0v) is 13.5. The van der Waals surface area contributed by atoms with Gasteiger partial charge < -0.3 is 15.2 Å². The molecule has 118 valence electrons. The molecule has 0 bridgehead atoms. The average Bonchev–Trinajstić information content (AvgIpc) is 2.42. The van der Waals surface area contributed by atoms with E-state index in [-0.39, 0.29) is 5.56 Å². The lowest BCUT2D eigenvalue weighted by molar-refractivity contribution is 0.0698. The Morgan fingerprint density at radius 3 is 2.38 bits per heavy atom. The van der Waals surface area contributed by atoms with Crippen molar-refractivity contribution in [3.05, 3.63) is 23.8 Å². The van der Waals surface area contributed by atoms with Crippen LogP contribution in [0.2, 0.25) is 0 Å². The number of hydrogen-bond donors (Lipinski definition) is 2. The molecule has 0 fully saturated rings. The van der Waals surface area contributed by atoms with Gasteiger partial charge in [0.1, 0.15) is 5.75 Å². The molecule has 0 unspecified atom stereocenters. The molecule has 0 spiro atoms. The van der Waals surface area contributed by atoms with Crippen molar-refractivity contribution in [1.29, 1.82) is 0 Å². The van der Waals surface area contributed by atoms with Gasteiger partial charge in [0, 0.05) is 31.2 Å². The molecule has 1 aromatic carbocycles. The maximum absolute atomic E-state index is 11.2. The normalized spacial score (nSPS) is 11.2. The van der Waals surface area contributed by atoms with Crippen LogP contribution >= 0.6 is 0 Å². The summed E-state index contributed by atoms with van der Waals surface area (Å²) in [5, 5.41) is 12.4. The summed E-state index contributed by atoms with van der Waals surface area (Å²) in [6.45, 7) is 10.2. The largest absolute Gasteiger partial charge is 0.497 e. The molecule has 5 heteroatoms. The van der Waals surface area contributed by atoms with Crippen molar-refractivity contribution in [3.8, 4) is 5.75 Å². The number of rotatable bonds is 8. The Morgan fingerprint density at radius 2 is 1.90 bits per heavy atom. The van der Waals surface area contributed by atoms with Crippen molar-refractivity contribution >= 4 is 11.7 Å². The lowest BCUT2D eigenvalue weighted by Crippen LogP contribution is -2.40. The topological polar surface area (TPSA) is 61.8 Å². The summed E-state index contributed by atoms with van der Waals surface area (Å²) >= 11 is 0. The third-order valence-corrected chi connectivity index (χ3v) is 3.47. The number of ether oxygens (including phenoxy) is 1. The first-order valence-electron chi connectivity index (χ1n) is 7.27. The number of carbonyl (C=O) groups is 1. The first-order valence-corrected chi connectivity index (χ1v) is 7.27. The van der Waals surface area contributed by atoms with Crippen LogP contribution < -0.4 is 10.1 Å². The molecule has 0 aliphatic carbocycles. The molecule has 0 radical (unpaired) electrons. The number of nitrogens with one attached hydrogen (secondary N) is 1. The molecule has 0 saturated carbocycles. The monoisotopic (exact) mass is 294 g/mol. The molecule has 1 rings (SSSR count). The molecular weight excluding hydrogens is 268 g/mol. The van der Waals surface area contributed by atoms with Crippen LogP contribution in [0.5, 0.6) is 5.75 Å². The highest BCUT2D eigenvalue weighted by Crippen LogP contribution is 2.22. The van der Waals surface area contributed by atoms with Crippen LogP contribution in [-0.4, -0.2) is 48.3 Å². The second-order valence-electron chi connectivity index (χ2n) is 5.57. The number of aromatic carboxylic acids is 1. The SMILES string of the molecule is COc1ccc(C(=O)O)c(NCCN(C(C)C)C(C)C)c1. The Bertz CT molecular complexity index is 465. The zero-order chi connectivity index (χ0) is 16.0. The second-order valence-corrected chi connectivity index (χ2v) is 5.57. The smallest absolute Gasteiger partial charge is 0.337 e. The molecule has 0 aliphatic heterocycles. The lowest BCUT2D eigenvalue weighted by Gasteiger charge is -2.30. The molecule has 2 N–H and O–H groups in total. The van der Waals surface area contributed by atoms with E-state index in [9.17, 15) is 9.90 Å². The zero-order valence-electron chi connectivity index (χ0n) is 13.5. The van der Waals surface area contributed by atoms with Crippen LogP contribution in [-0.2, 0) is 0 Å². The van der Waals surface area contributed by atoms with Crippen molar-refractivity contribution in [2.75, 3.05) is 25.5 Å². The predicted octanol–water partition coefficient (Wildman–Crippen LogP) is 2.92. The number of anilines is 1. The highest BCUT2D eigenvalue weighted by atomic mass is 16.5. The fourth-order valence-electron chi connectivity index (χ4n) is 2.42. The summed E-state index contributed by atoms with van der Waals surface area (Å²) < 4.78 is 5.15. The van der Waals surface area contributed by atoms with Gasteiger partial charge in [0.25, 0.3) is 0 Å². The summed E-state index contributed by atoms with van der Waals surface area (Å²) in [4.78, 5) is 13.6. The van der Waals surface area contributed by atoms with Crippen molar-refractivity contribution in [1.82, 2.24) is 4.90 Å². The molecular formula is C16H26N2O3. The highest BCUT2D eigenvalue weighted by Gasteiger charge is 2.14. The Morgan fingerprint density at radius 1 is 1.29 bits per heavy atom. The van der Waals surface area contributed by atoms with Gasteiger partial charge >= 0.3 is 5.97 Å². The summed E-state index contributed by atoms with van der Waals surface area (Å²) in [6, 6.07) is 5.85. The Balaban J connectivity index is 2.75. The van der Waals surface area contributed by atoms with Crippen LogP contribution in [0.25, 0.3) is 0 Å². The van der Waals surface area contributed by atoms with Crippen LogP contribution in [0.1, 0.15) is 38.1 Å². The van der Waals surface area contributed by atoms with Crippen molar-refractivity contribution < 1.29 is 14.6 Å². The highest BCUT2D eigenvalue weighted by molar-refractivity contribution is 5.94. The van der Waals surface area contributed by atoms with Gasteiger partial charge in [0.15, 0.2) is 0 Å². The number of carboxylic acids is 1. The molecule has 0 atom stereocenters. The number of benzene rings is 1. The Labute approximate surface area is 126 Å². The summed E-state index contributed by atoms with van der Waals surface area (Å²) in [7, 11) is 1.57. The molecule has 0 saturated heterocycles. The standard InChI is InChI=1S/C16H26N2O3/c1-11(2)18(12(3)4)9-8-17-15-10-13(21-5)6-7-14(15)16(19)20/h6-7,10-12,17H,8-9H2,1-5H3,(H,19,20). The van der Waals surface area contributed by atoms with Gasteiger partial charge in [-0.3, -0.25) is 4.90 Å². The van der Waals surface area contributed by atoms with E-state index >= 15 is 0 Å². The average molecular weight is 294 g/mol. The van der Waals surface area contributed by atoms with E-state index in [2.05, 4.69) is 37.9 Å². The maximum Gasteiger partial charge on any atom is 0.337 e. The number of hydrogen-bond acceptors (Lipinski definition) is 4. The van der Waals surface area contributed by atoms with E-state index in [1.54, 1.807) is 25.3 Å². The van der Waals surface area contributed by atoms with Gasteiger partial charge in [-0.15, -0.1) is 0 Å². The maximum atomic E-state index is 11.2. The summed E-state index contributed by atoms with van der Waals surface area (Å²) in [5.41, 5.74) is 0.853. The van der Waals surface area contributed by atoms with Crippen LogP contribution in [0.15, 0.2) is 18.2 Å². The molecule has 0 heterocycles. The minimum Gasteiger partial charge on any atom is -0.497 e. The van der Waals surface area contributed by atoms with Crippen LogP contribution in [0, 0.1) is 0 Å². The van der Waals surface area contributed by atoms with Crippen LogP contribution in [0.3, 0.4) is 0 Å². The Kier molecular flexibility index (Phi) is 6.49. The van der Waals surface area contributed by atoms with Gasteiger partial charge in [-0.25, -0.2) is 4.79 Å². The van der Waals surface area contributed by atoms with Gasteiger partial charge in [-0.05, 0) is 39.8 Å². The number of nitrogens with zero attached hydrogens (tertiary/aromatic N) is 1. The first kappa shape index (κ1) is 17.3. The first-order chi connectivity index (χ1) is 9.86. The molecule has 0 amide bonds. The van der Waals surface area contributed by atoms with E-state index < -0.39 is 5.97 Å². The van der Waals surface area contributed by atoms with Crippen molar-refractivity contribution in [3.63, 3.8) is 0 Å². The Hall–Kier alpha value is -1.75. The van der Waals surface area contributed by atoms with Crippen LogP contribution in [0.4, 0.5) is 5.69 Å². The molecule has 0 aromatic heterocycles. The van der Waals surface area contributed by atoms with E-state index in [1.807, 2.05) is 0 Å². The van der Waals surface area contributed by atoms with E-state index in [0.29, 0.717) is 30.1 Å². The van der Waals surface area contributed by atoms with Crippen molar-refractivity contribution in [2.24, 2.45) is 0 Å². The predicted molar refractivity (Wildman–Crippen MR) is 85.4 cm³/mol. The second kappa shape index (κ2) is 7.88. The van der Waals surface area contributed by atoms with Gasteiger partial charge in [-0.2, -0.15) is 0 Å². The summed E-state index contributed by atoms with van der Waals surface area (Å²) in [6.07, 6.45) is 0. The molecule has 5 nitrogen and oxygen atoms in total. The quantitative estimate of drug-likeness (QED) is 0.772. The minimum atomic E-state index is -0.940. The van der Waals surface area contributed by atoms with E-state index in [4.69, 9.17) is 4.74 Å². The van der Waals surface area contributed by atoms with Gasteiger partial charge in [-0.1, -0.05) is 0 Å². The van der Waals surface area contributed by atoms with Gasteiger partial charge in [0.2, 0.25) is 0 Å². The molecule has 21 heavy (non-hydrogen) atoms. The minimum absolute atomic E-state index is 0.261.